The molecule has 0 spiro atoms. The Kier molecular flexibility index (Phi) is 7.33. The van der Waals surface area contributed by atoms with Crippen LogP contribution in [0, 0.1) is 17.8 Å². The molecule has 0 bridgehead atoms. The number of carbonyl (C=O) groups excluding carboxylic acids is 1. The topological polar surface area (TPSA) is 99.8 Å². The molecule has 37 heavy (non-hydrogen) atoms. The molecule has 2 fully saturated rings. The lowest BCUT2D eigenvalue weighted by atomic mass is 9.94. The molecule has 1 saturated heterocycles. The van der Waals surface area contributed by atoms with Gasteiger partial charge in [0.05, 0.1) is 18.7 Å². The molecule has 196 valence electrons. The molecule has 9 nitrogen and oxygen atoms in total. The molecule has 1 aromatic heterocycles. The first kappa shape index (κ1) is 25.4. The molecular formula is C26H31FN6O3S. The molecule has 4 heterocycles. The van der Waals surface area contributed by atoms with Crippen molar-refractivity contribution in [2.75, 3.05) is 14.2 Å². The van der Waals surface area contributed by atoms with Gasteiger partial charge in [-0.05, 0) is 38.8 Å². The summed E-state index contributed by atoms with van der Waals surface area (Å²) in [6.07, 6.45) is 7.52. The summed E-state index contributed by atoms with van der Waals surface area (Å²) in [5.41, 5.74) is 7.93. The molecule has 0 aromatic carbocycles. The molecule has 0 radical (unpaired) electrons. The normalized spacial score (nSPS) is 27.6. The highest BCUT2D eigenvalue weighted by Gasteiger charge is 2.31. The first-order valence-corrected chi connectivity index (χ1v) is 13.2. The summed E-state index contributed by atoms with van der Waals surface area (Å²) in [6.45, 7) is 3.35. The number of nitrogens with one attached hydrogen (secondary N) is 4. The van der Waals surface area contributed by atoms with E-state index in [-0.39, 0.29) is 16.8 Å². The van der Waals surface area contributed by atoms with Crippen LogP contribution in [0.15, 0.2) is 42.3 Å². The van der Waals surface area contributed by atoms with Gasteiger partial charge in [-0.2, -0.15) is 0 Å². The predicted molar refractivity (Wildman–Crippen MR) is 140 cm³/mol. The number of hydrogen-bond donors (Lipinski definition) is 4. The van der Waals surface area contributed by atoms with Gasteiger partial charge in [0, 0.05) is 42.7 Å². The third-order valence-corrected chi connectivity index (χ3v) is 7.39. The average Bonchev–Trinajstić information content (AvgIpc) is 3.51. The number of hydrazine groups is 1. The predicted octanol–water partition coefficient (Wildman–Crippen LogP) is 2.70. The van der Waals surface area contributed by atoms with Gasteiger partial charge in [0.2, 0.25) is 6.23 Å². The number of hydrogen-bond acceptors (Lipinski definition) is 9. The van der Waals surface area contributed by atoms with Gasteiger partial charge in [0.15, 0.2) is 0 Å². The molecule has 1 saturated carbocycles. The van der Waals surface area contributed by atoms with Gasteiger partial charge < -0.3 is 25.0 Å². The summed E-state index contributed by atoms with van der Waals surface area (Å²) in [7, 11) is 3.43. The summed E-state index contributed by atoms with van der Waals surface area (Å²) < 4.78 is 25.8. The van der Waals surface area contributed by atoms with Crippen molar-refractivity contribution in [3.8, 4) is 11.8 Å². The van der Waals surface area contributed by atoms with Crippen LogP contribution in [0.2, 0.25) is 0 Å². The Labute approximate surface area is 220 Å². The second-order valence-electron chi connectivity index (χ2n) is 9.41. The van der Waals surface area contributed by atoms with Crippen molar-refractivity contribution >= 4 is 23.2 Å². The van der Waals surface area contributed by atoms with Crippen LogP contribution >= 0.6 is 11.8 Å². The number of rotatable bonds is 6. The number of methoxy groups -OCH3 is 1. The maximum atomic E-state index is 14.3. The summed E-state index contributed by atoms with van der Waals surface area (Å²) in [6, 6.07) is 1.24. The van der Waals surface area contributed by atoms with Crippen molar-refractivity contribution in [2.24, 2.45) is 5.92 Å². The van der Waals surface area contributed by atoms with Crippen LogP contribution in [0.1, 0.15) is 54.5 Å². The van der Waals surface area contributed by atoms with E-state index in [2.05, 4.69) is 38.3 Å². The van der Waals surface area contributed by atoms with E-state index in [1.54, 1.807) is 12.3 Å². The molecule has 1 amide bonds. The van der Waals surface area contributed by atoms with Crippen molar-refractivity contribution in [3.05, 3.63) is 59.1 Å². The Bertz CT molecular complexity index is 1220. The SMILES string of the molecule is COC1=CNC(C(C)F)C=C1c1cc(C2OC(C)=CN2C)ncc1C(=O)NC1NNC(C#CC2CC2)S1. The van der Waals surface area contributed by atoms with Crippen molar-refractivity contribution in [1.29, 1.82) is 0 Å². The van der Waals surface area contributed by atoms with Crippen molar-refractivity contribution in [3.63, 3.8) is 0 Å². The summed E-state index contributed by atoms with van der Waals surface area (Å²) in [5.74, 6) is 7.87. The third-order valence-electron chi connectivity index (χ3n) is 6.37. The van der Waals surface area contributed by atoms with E-state index in [1.807, 2.05) is 31.1 Å². The van der Waals surface area contributed by atoms with Crippen LogP contribution in [0.3, 0.4) is 0 Å². The maximum Gasteiger partial charge on any atom is 0.255 e. The zero-order chi connectivity index (χ0) is 26.1. The van der Waals surface area contributed by atoms with Crippen molar-refractivity contribution in [1.82, 2.24) is 31.4 Å². The van der Waals surface area contributed by atoms with E-state index in [1.165, 1.54) is 32.0 Å². The van der Waals surface area contributed by atoms with Gasteiger partial charge in [0.1, 0.15) is 34.3 Å². The van der Waals surface area contributed by atoms with Gasteiger partial charge in [0.25, 0.3) is 5.91 Å². The lowest BCUT2D eigenvalue weighted by Crippen LogP contribution is -2.43. The minimum atomic E-state index is -1.15. The number of amides is 1. The number of aromatic nitrogens is 1. The Morgan fingerprint density at radius 1 is 1.38 bits per heavy atom. The first-order valence-electron chi connectivity index (χ1n) is 12.2. The average molecular weight is 527 g/mol. The summed E-state index contributed by atoms with van der Waals surface area (Å²) in [5, 5.41) is 5.89. The Morgan fingerprint density at radius 2 is 2.19 bits per heavy atom. The lowest BCUT2D eigenvalue weighted by molar-refractivity contribution is 0.0539. The largest absolute Gasteiger partial charge is 0.495 e. The number of halogens is 1. The smallest absolute Gasteiger partial charge is 0.255 e. The third kappa shape index (κ3) is 5.71. The lowest BCUT2D eigenvalue weighted by Gasteiger charge is -2.26. The fraction of sp³-hybridized carbons (Fsp3) is 0.462. The molecule has 3 aliphatic heterocycles. The zero-order valence-electron chi connectivity index (χ0n) is 21.2. The number of dihydropyridines is 1. The van der Waals surface area contributed by atoms with Crippen LogP contribution in [0.25, 0.3) is 5.57 Å². The van der Waals surface area contributed by atoms with E-state index in [0.717, 1.165) is 18.6 Å². The second kappa shape index (κ2) is 10.7. The summed E-state index contributed by atoms with van der Waals surface area (Å²) >= 11 is 1.49. The quantitative estimate of drug-likeness (QED) is 0.417. The van der Waals surface area contributed by atoms with Crippen molar-refractivity contribution in [2.45, 2.75) is 56.0 Å². The van der Waals surface area contributed by atoms with Crippen LogP contribution in [0.5, 0.6) is 0 Å². The molecular weight excluding hydrogens is 495 g/mol. The molecule has 5 atom stereocenters. The first-order chi connectivity index (χ1) is 17.8. The Morgan fingerprint density at radius 3 is 2.86 bits per heavy atom. The monoisotopic (exact) mass is 526 g/mol. The number of allylic oxidation sites excluding steroid dienone is 2. The van der Waals surface area contributed by atoms with Gasteiger partial charge in [-0.3, -0.25) is 9.78 Å². The van der Waals surface area contributed by atoms with E-state index >= 15 is 0 Å². The Balaban J connectivity index is 1.44. The maximum absolute atomic E-state index is 14.3. The number of carbonyl (C=O) groups is 1. The van der Waals surface area contributed by atoms with Gasteiger partial charge >= 0.3 is 0 Å². The standard InChI is InChI=1S/C26H31FN6O3S/c1-14-13-33(3)25(36-14)21-9-17(18-10-20(15(2)27)29-12-22(18)35-4)19(11-28-21)24(34)30-26-32-31-23(37-26)8-7-16-5-6-16/h9-13,15-16,20,23,25-26,29,31-32H,5-6H2,1-4H3,(H,30,34). The molecule has 4 aliphatic rings. The van der Waals surface area contributed by atoms with E-state index in [9.17, 15) is 9.18 Å². The zero-order valence-corrected chi connectivity index (χ0v) is 22.0. The van der Waals surface area contributed by atoms with E-state index < -0.39 is 18.4 Å². The highest BCUT2D eigenvalue weighted by molar-refractivity contribution is 8.00. The van der Waals surface area contributed by atoms with Crippen LogP contribution < -0.4 is 21.5 Å². The van der Waals surface area contributed by atoms with E-state index in [0.29, 0.717) is 34.1 Å². The molecule has 4 N–H and O–H groups in total. The number of thioether (sulfide) groups is 1. The fourth-order valence-electron chi connectivity index (χ4n) is 4.25. The number of nitrogens with zero attached hydrogens (tertiary/aromatic N) is 2. The van der Waals surface area contributed by atoms with E-state index in [4.69, 9.17) is 9.47 Å². The van der Waals surface area contributed by atoms with Crippen LogP contribution in [0.4, 0.5) is 4.39 Å². The molecule has 5 unspecified atom stereocenters. The summed E-state index contributed by atoms with van der Waals surface area (Å²) in [4.78, 5) is 20.0. The van der Waals surface area contributed by atoms with Crippen LogP contribution in [-0.4, -0.2) is 53.0 Å². The van der Waals surface area contributed by atoms with Gasteiger partial charge in [-0.15, -0.1) is 0 Å². The fourth-order valence-corrected chi connectivity index (χ4v) is 5.11. The number of pyridine rings is 1. The van der Waals surface area contributed by atoms with Crippen molar-refractivity contribution < 1.29 is 18.7 Å². The minimum absolute atomic E-state index is 0.112. The molecule has 11 heteroatoms. The number of alkyl halides is 1. The number of ether oxygens (including phenoxy) is 2. The van der Waals surface area contributed by atoms with Crippen LogP contribution in [-0.2, 0) is 9.47 Å². The highest BCUT2D eigenvalue weighted by Crippen LogP contribution is 2.35. The van der Waals surface area contributed by atoms with Gasteiger partial charge in [-0.25, -0.2) is 15.2 Å². The Hall–Kier alpha value is -3.20. The molecule has 1 aromatic rings. The van der Waals surface area contributed by atoms with Gasteiger partial charge in [-0.1, -0.05) is 23.6 Å². The second-order valence-corrected chi connectivity index (χ2v) is 10.6. The minimum Gasteiger partial charge on any atom is -0.495 e. The molecule has 1 aliphatic carbocycles. The highest BCUT2D eigenvalue weighted by atomic mass is 32.2. The molecule has 5 rings (SSSR count).